The molecule has 1 aliphatic carbocycles. The maximum Gasteiger partial charge on any atom is 0.343 e. The van der Waals surface area contributed by atoms with Crippen molar-refractivity contribution in [3.05, 3.63) is 65.2 Å². The summed E-state index contributed by atoms with van der Waals surface area (Å²) < 4.78 is 5.64. The fourth-order valence-electron chi connectivity index (χ4n) is 5.18. The van der Waals surface area contributed by atoms with Gasteiger partial charge in [0.15, 0.2) is 0 Å². The first-order valence-corrected chi connectivity index (χ1v) is 13.5. The van der Waals surface area contributed by atoms with Gasteiger partial charge in [0.05, 0.1) is 5.56 Å². The Kier molecular flexibility index (Phi) is 10.5. The van der Waals surface area contributed by atoms with Crippen molar-refractivity contribution in [3.8, 4) is 5.75 Å². The lowest BCUT2D eigenvalue weighted by Crippen LogP contribution is -2.15. The van der Waals surface area contributed by atoms with Gasteiger partial charge in [0.1, 0.15) is 5.75 Å². The van der Waals surface area contributed by atoms with Crippen molar-refractivity contribution in [1.82, 2.24) is 0 Å². The number of hydrogen-bond donors (Lipinski definition) is 0. The molecule has 0 N–H and O–H groups in total. The minimum Gasteiger partial charge on any atom is -0.423 e. The number of benzene rings is 2. The molecule has 2 heteroatoms. The number of carbonyl (C=O) groups excluding carboxylic acids is 1. The summed E-state index contributed by atoms with van der Waals surface area (Å²) >= 11 is 0. The monoisotopic (exact) mass is 448 g/mol. The van der Waals surface area contributed by atoms with Crippen LogP contribution < -0.4 is 4.74 Å². The second-order valence-electron chi connectivity index (χ2n) is 10.3. The number of esters is 1. The molecule has 2 nitrogen and oxygen atoms in total. The molecule has 2 aromatic rings. The zero-order valence-corrected chi connectivity index (χ0v) is 21.2. The summed E-state index contributed by atoms with van der Waals surface area (Å²) in [5.74, 6) is 2.77. The highest BCUT2D eigenvalue weighted by atomic mass is 16.5. The summed E-state index contributed by atoms with van der Waals surface area (Å²) in [7, 11) is 0. The average molecular weight is 449 g/mol. The van der Waals surface area contributed by atoms with Crippen LogP contribution in [0.1, 0.15) is 119 Å². The third kappa shape index (κ3) is 8.32. The van der Waals surface area contributed by atoms with Crippen molar-refractivity contribution >= 4 is 5.97 Å². The quantitative estimate of drug-likeness (QED) is 0.184. The van der Waals surface area contributed by atoms with Gasteiger partial charge < -0.3 is 4.74 Å². The number of hydrogen-bond acceptors (Lipinski definition) is 2. The molecule has 0 bridgehead atoms. The van der Waals surface area contributed by atoms with Crippen molar-refractivity contribution in [2.24, 2.45) is 11.8 Å². The smallest absolute Gasteiger partial charge is 0.343 e. The third-order valence-corrected chi connectivity index (χ3v) is 7.60. The molecule has 1 aliphatic rings. The van der Waals surface area contributed by atoms with E-state index in [4.69, 9.17) is 4.74 Å². The molecule has 1 unspecified atom stereocenters. The third-order valence-electron chi connectivity index (χ3n) is 7.60. The van der Waals surface area contributed by atoms with Crippen LogP contribution in [0, 0.1) is 11.8 Å². The molecule has 0 radical (unpaired) electrons. The Hall–Kier alpha value is -2.09. The highest BCUT2D eigenvalue weighted by Gasteiger charge is 2.23. The second kappa shape index (κ2) is 13.6. The van der Waals surface area contributed by atoms with Gasteiger partial charge in [-0.05, 0) is 98.1 Å². The van der Waals surface area contributed by atoms with Crippen LogP contribution in [0.5, 0.6) is 5.75 Å². The lowest BCUT2D eigenvalue weighted by molar-refractivity contribution is 0.0734. The second-order valence-corrected chi connectivity index (χ2v) is 10.3. The van der Waals surface area contributed by atoms with Crippen LogP contribution in [-0.4, -0.2) is 5.97 Å². The van der Waals surface area contributed by atoms with Gasteiger partial charge in [-0.15, -0.1) is 0 Å². The van der Waals surface area contributed by atoms with Crippen LogP contribution in [0.2, 0.25) is 0 Å². The summed E-state index contributed by atoms with van der Waals surface area (Å²) in [6.07, 6.45) is 15.4. The standard InChI is InChI=1S/C31H44O2/c1-4-6-7-8-9-10-25-11-17-29(18-12-25)31(32)33-30-21-19-28(20-22-30)27-15-13-26(14-16-27)23-24(3)5-2/h11-12,17-22,24,26-27H,4-10,13-16,23H2,1-3H3. The number of carbonyl (C=O) groups is 1. The van der Waals surface area contributed by atoms with E-state index in [1.807, 2.05) is 24.3 Å². The maximum absolute atomic E-state index is 12.6. The zero-order valence-electron chi connectivity index (χ0n) is 21.2. The van der Waals surface area contributed by atoms with Crippen molar-refractivity contribution < 1.29 is 9.53 Å². The lowest BCUT2D eigenvalue weighted by Gasteiger charge is -2.30. The SMILES string of the molecule is CCCCCCCc1ccc(C(=O)Oc2ccc(C3CCC(CC(C)CC)CC3)cc2)cc1. The summed E-state index contributed by atoms with van der Waals surface area (Å²) in [4.78, 5) is 12.6. The minimum atomic E-state index is -0.275. The van der Waals surface area contributed by atoms with E-state index < -0.39 is 0 Å². The van der Waals surface area contributed by atoms with E-state index in [2.05, 4.69) is 45.0 Å². The molecular weight excluding hydrogens is 404 g/mol. The molecule has 180 valence electrons. The Morgan fingerprint density at radius 1 is 0.879 bits per heavy atom. The number of rotatable bonds is 12. The predicted molar refractivity (Wildman–Crippen MR) is 139 cm³/mol. The summed E-state index contributed by atoms with van der Waals surface area (Å²) in [6.45, 7) is 6.93. The maximum atomic E-state index is 12.6. The normalized spacial score (nSPS) is 19.2. The van der Waals surface area contributed by atoms with E-state index in [0.29, 0.717) is 17.2 Å². The first kappa shape index (κ1) is 25.5. The van der Waals surface area contributed by atoms with Crippen molar-refractivity contribution in [1.29, 1.82) is 0 Å². The van der Waals surface area contributed by atoms with Gasteiger partial charge in [-0.1, -0.05) is 77.1 Å². The Morgan fingerprint density at radius 3 is 2.18 bits per heavy atom. The first-order valence-electron chi connectivity index (χ1n) is 13.5. The van der Waals surface area contributed by atoms with Gasteiger partial charge in [0, 0.05) is 0 Å². The summed E-state index contributed by atoms with van der Waals surface area (Å²) in [6, 6.07) is 16.2. The van der Waals surface area contributed by atoms with Crippen LogP contribution in [0.3, 0.4) is 0 Å². The largest absolute Gasteiger partial charge is 0.423 e. The fourth-order valence-corrected chi connectivity index (χ4v) is 5.18. The number of aryl methyl sites for hydroxylation is 1. The Labute approximate surface area is 202 Å². The number of unbranched alkanes of at least 4 members (excludes halogenated alkanes) is 4. The molecular formula is C31H44O2. The molecule has 0 saturated heterocycles. The van der Waals surface area contributed by atoms with E-state index in [1.54, 1.807) is 0 Å². The van der Waals surface area contributed by atoms with Gasteiger partial charge >= 0.3 is 5.97 Å². The van der Waals surface area contributed by atoms with Crippen LogP contribution >= 0.6 is 0 Å². The van der Waals surface area contributed by atoms with E-state index in [1.165, 1.54) is 81.8 Å². The van der Waals surface area contributed by atoms with Gasteiger partial charge in [-0.3, -0.25) is 0 Å². The van der Waals surface area contributed by atoms with Gasteiger partial charge in [-0.2, -0.15) is 0 Å². The molecule has 0 amide bonds. The number of ether oxygens (including phenoxy) is 1. The molecule has 33 heavy (non-hydrogen) atoms. The highest BCUT2D eigenvalue weighted by molar-refractivity contribution is 5.91. The van der Waals surface area contributed by atoms with Crippen molar-refractivity contribution in [2.45, 2.75) is 104 Å². The molecule has 0 aliphatic heterocycles. The molecule has 0 aromatic heterocycles. The molecule has 0 heterocycles. The fraction of sp³-hybridized carbons (Fsp3) is 0.581. The summed E-state index contributed by atoms with van der Waals surface area (Å²) in [5.41, 5.74) is 3.31. The van der Waals surface area contributed by atoms with E-state index >= 15 is 0 Å². The Bertz CT molecular complexity index is 813. The van der Waals surface area contributed by atoms with Crippen molar-refractivity contribution in [2.75, 3.05) is 0 Å². The molecule has 1 saturated carbocycles. The van der Waals surface area contributed by atoms with Gasteiger partial charge in [-0.25, -0.2) is 4.79 Å². The van der Waals surface area contributed by atoms with Crippen LogP contribution in [0.15, 0.2) is 48.5 Å². The highest BCUT2D eigenvalue weighted by Crippen LogP contribution is 2.38. The molecule has 3 rings (SSSR count). The summed E-state index contributed by atoms with van der Waals surface area (Å²) in [5, 5.41) is 0. The van der Waals surface area contributed by atoms with E-state index in [-0.39, 0.29) is 5.97 Å². The van der Waals surface area contributed by atoms with Crippen LogP contribution in [-0.2, 0) is 6.42 Å². The van der Waals surface area contributed by atoms with E-state index in [9.17, 15) is 4.79 Å². The van der Waals surface area contributed by atoms with Gasteiger partial charge in [0.25, 0.3) is 0 Å². The Balaban J connectivity index is 1.44. The van der Waals surface area contributed by atoms with Gasteiger partial charge in [0.2, 0.25) is 0 Å². The van der Waals surface area contributed by atoms with E-state index in [0.717, 1.165) is 18.3 Å². The van der Waals surface area contributed by atoms with Crippen LogP contribution in [0.4, 0.5) is 0 Å². The minimum absolute atomic E-state index is 0.275. The predicted octanol–water partition coefficient (Wildman–Crippen LogP) is 9.13. The Morgan fingerprint density at radius 2 is 1.55 bits per heavy atom. The topological polar surface area (TPSA) is 26.3 Å². The van der Waals surface area contributed by atoms with Crippen molar-refractivity contribution in [3.63, 3.8) is 0 Å². The first-order chi connectivity index (χ1) is 16.1. The molecule has 2 aromatic carbocycles. The molecule has 0 spiro atoms. The van der Waals surface area contributed by atoms with Crippen LogP contribution in [0.25, 0.3) is 0 Å². The lowest BCUT2D eigenvalue weighted by atomic mass is 9.75. The average Bonchev–Trinajstić information content (AvgIpc) is 2.85. The zero-order chi connectivity index (χ0) is 23.5. The molecule has 1 fully saturated rings. The molecule has 1 atom stereocenters.